The first kappa shape index (κ1) is 98.9. The number of hydrogen-bond acceptors (Lipinski definition) is 4. The van der Waals surface area contributed by atoms with E-state index in [0.29, 0.717) is 67.8 Å². The van der Waals surface area contributed by atoms with Crippen LogP contribution in [0.25, 0.3) is 122 Å². The van der Waals surface area contributed by atoms with Gasteiger partial charge in [0.25, 0.3) is 0 Å². The lowest BCUT2D eigenvalue weighted by Crippen LogP contribution is -2.39. The molecule has 19 rings (SSSR count). The van der Waals surface area contributed by atoms with Gasteiger partial charge >= 0.3 is 0 Å². The van der Waals surface area contributed by atoms with Crippen LogP contribution in [0.2, 0.25) is 0 Å². The van der Waals surface area contributed by atoms with Crippen LogP contribution in [0.15, 0.2) is 461 Å². The van der Waals surface area contributed by atoms with E-state index >= 15 is 26.3 Å². The quantitative estimate of drug-likeness (QED) is 0.0748. The highest BCUT2D eigenvalue weighted by Gasteiger charge is 2.37. The number of halogens is 8. The summed E-state index contributed by atoms with van der Waals surface area (Å²) in [6.07, 6.45) is 0. The van der Waals surface area contributed by atoms with Gasteiger partial charge in [-0.3, -0.25) is 0 Å². The molecule has 708 valence electrons. The third kappa shape index (κ3) is 22.4. The summed E-state index contributed by atoms with van der Waals surface area (Å²) in [5.74, 6) is -3.11. The van der Waals surface area contributed by atoms with Gasteiger partial charge in [0, 0.05) is 50.0 Å². The fraction of sp³-hybridized carbons (Fsp3) is 0.123. The van der Waals surface area contributed by atoms with Crippen LogP contribution in [0.5, 0.6) is 0 Å². The Morgan fingerprint density at radius 1 is 0.141 bits per heavy atom. The zero-order chi connectivity index (χ0) is 100.0. The van der Waals surface area contributed by atoms with Crippen LogP contribution in [0.4, 0.5) is 80.6 Å². The lowest BCUT2D eigenvalue weighted by atomic mass is 9.90. The van der Waals surface area contributed by atoms with Crippen LogP contribution in [-0.2, 0) is 0 Å². The molecule has 0 saturated carbocycles. The smallest absolute Gasteiger partial charge is 0.155 e. The molecule has 0 aliphatic carbocycles. The lowest BCUT2D eigenvalue weighted by molar-refractivity contribution is 0.527. The maximum absolute atomic E-state index is 16.8. The predicted molar refractivity (Wildman–Crippen MR) is 579 cm³/mol. The van der Waals surface area contributed by atoms with E-state index in [1.54, 1.807) is 105 Å². The fourth-order valence-corrected chi connectivity index (χ4v) is 18.4. The molecule has 0 amide bonds. The minimum absolute atomic E-state index is 0.332. The monoisotopic (exact) mass is 1880 g/mol. The van der Waals surface area contributed by atoms with Gasteiger partial charge in [0.05, 0.1) is 45.5 Å². The molecule has 0 aromatic heterocycles. The van der Waals surface area contributed by atoms with Gasteiger partial charge in [-0.05, 0) is 269 Å². The van der Waals surface area contributed by atoms with Crippen molar-refractivity contribution in [2.24, 2.45) is 0 Å². The Bertz CT molecular complexity index is 7530. The largest absolute Gasteiger partial charge is 0.331 e. The summed E-state index contributed by atoms with van der Waals surface area (Å²) in [5, 5.41) is 0. The molecule has 12 heteroatoms. The Morgan fingerprint density at radius 2 is 0.401 bits per heavy atom. The van der Waals surface area contributed by atoms with Gasteiger partial charge in [-0.1, -0.05) is 370 Å². The molecule has 0 atom stereocenters. The third-order valence-corrected chi connectivity index (χ3v) is 24.6. The molecule has 0 saturated heterocycles. The molecule has 19 aromatic rings. The van der Waals surface area contributed by atoms with Crippen molar-refractivity contribution < 1.29 is 35.1 Å². The summed E-state index contributed by atoms with van der Waals surface area (Å²) in [6, 6.07) is 144. The average molecular weight is 1880 g/mol. The highest BCUT2D eigenvalue weighted by molar-refractivity contribution is 5.96. The minimum atomic E-state index is -0.621. The van der Waals surface area contributed by atoms with Crippen molar-refractivity contribution in [2.45, 2.75) is 105 Å². The number of para-hydroxylation sites is 4. The Balaban J connectivity index is 0.000000136. The third-order valence-electron chi connectivity index (χ3n) is 24.6. The second kappa shape index (κ2) is 43.5. The predicted octanol–water partition coefficient (Wildman–Crippen LogP) is 37.9. The van der Waals surface area contributed by atoms with Gasteiger partial charge in [-0.2, -0.15) is 0 Å². The number of hydrogen-bond donors (Lipinski definition) is 0. The van der Waals surface area contributed by atoms with Crippen molar-refractivity contribution in [3.8, 4) is 122 Å². The Kier molecular flexibility index (Phi) is 30.3. The van der Waals surface area contributed by atoms with E-state index in [2.05, 4.69) is 66.7 Å². The fourth-order valence-electron chi connectivity index (χ4n) is 18.4. The van der Waals surface area contributed by atoms with Gasteiger partial charge in [0.2, 0.25) is 0 Å². The number of nitrogens with zero attached hydrogens (tertiary/aromatic N) is 4. The first-order valence-corrected chi connectivity index (χ1v) is 47.6. The van der Waals surface area contributed by atoms with Gasteiger partial charge in [-0.25, -0.2) is 35.1 Å². The van der Waals surface area contributed by atoms with Crippen molar-refractivity contribution in [1.29, 1.82) is 0 Å². The molecule has 0 bridgehead atoms. The number of benzene rings is 19. The van der Waals surface area contributed by atoms with E-state index in [0.717, 1.165) is 100 Å². The number of rotatable bonds is 19. The molecule has 0 spiro atoms. The normalized spacial score (nSPS) is 11.4. The Hall–Kier alpha value is -16.2. The summed E-state index contributed by atoms with van der Waals surface area (Å²) in [7, 11) is 0. The molecule has 4 nitrogen and oxygen atoms in total. The molecule has 0 fully saturated rings. The summed E-state index contributed by atoms with van der Waals surface area (Å²) < 4.78 is 126. The van der Waals surface area contributed by atoms with E-state index < -0.39 is 45.4 Å². The molecule has 0 aliphatic heterocycles. The maximum atomic E-state index is 16.8. The van der Waals surface area contributed by atoms with E-state index in [-0.39, 0.29) is 23.3 Å². The lowest BCUT2D eigenvalue weighted by Gasteiger charge is -2.39. The standard InChI is InChI=1S/3C34H29F2N.C28H25F2N/c1-34(2,3)37(31-20-11-10-19-30(31)35)32-23-28(22-29(33(32)36)25-15-8-5-9-16-25)27-18-12-17-26(21-27)24-13-6-4-7-14-24;1-34(2,3)37(30-20-11-10-19-29(30)35)31-22-21-28(32(33(31)36)25-15-8-5-9-16-25)27-18-12-17-26(23-27)24-13-6-4-7-14-24;1-34(2,3)37(31-20-11-10-19-30(31)35)33-29(22-21-28(32(33)36)25-15-8-5-9-16-25)27-18-12-17-26(23-27)24-13-6-4-7-14-24;1-28(2,3)31(25-17-11-10-16-23(25)29)27-24(30)19-18-22(20-12-6-4-7-13-20)26(27)21-14-8-5-9-15-21/h3*4-23H,1-3H3;4-19H,1-3H3. The van der Waals surface area contributed by atoms with Gasteiger partial charge in [-0.15, -0.1) is 0 Å². The van der Waals surface area contributed by atoms with Crippen molar-refractivity contribution in [1.82, 2.24) is 0 Å². The van der Waals surface area contributed by atoms with E-state index in [9.17, 15) is 8.78 Å². The zero-order valence-corrected chi connectivity index (χ0v) is 81.7. The molecular formula is C130H112F8N4. The Labute approximate surface area is 830 Å². The van der Waals surface area contributed by atoms with E-state index in [4.69, 9.17) is 0 Å². The van der Waals surface area contributed by atoms with E-state index in [1.165, 1.54) is 30.3 Å². The van der Waals surface area contributed by atoms with Crippen LogP contribution >= 0.6 is 0 Å². The highest BCUT2D eigenvalue weighted by atomic mass is 19.2. The van der Waals surface area contributed by atoms with Crippen molar-refractivity contribution in [3.05, 3.63) is 508 Å². The minimum Gasteiger partial charge on any atom is -0.331 e. The topological polar surface area (TPSA) is 13.0 Å². The molecule has 0 unspecified atom stereocenters. The molecule has 0 radical (unpaired) electrons. The molecule has 0 N–H and O–H groups in total. The van der Waals surface area contributed by atoms with Crippen LogP contribution in [0, 0.1) is 46.5 Å². The summed E-state index contributed by atoms with van der Waals surface area (Å²) in [5.41, 5.74) is 19.1. The SMILES string of the molecule is CC(C)(C)N(c1ccccc1F)c1c(-c2cccc(-c3ccccc3)c2)ccc(-c2ccccc2)c1F.CC(C)(C)N(c1ccccc1F)c1c(F)ccc(-c2ccccc2)c1-c1ccccc1.CC(C)(C)N(c1ccccc1F)c1cc(-c2cccc(-c3ccccc3)c2)cc(-c2ccccc2)c1F.CC(C)(C)N(c1ccccc1F)c1ccc(-c2cccc(-c3ccccc3)c2)c(-c2ccccc2)c1F. The molecule has 0 aliphatic rings. The summed E-state index contributed by atoms with van der Waals surface area (Å²) in [4.78, 5) is 7.06. The highest BCUT2D eigenvalue weighted by Crippen LogP contribution is 2.52. The second-order valence-electron chi connectivity index (χ2n) is 38.8. The van der Waals surface area contributed by atoms with Gasteiger partial charge in [0.15, 0.2) is 17.5 Å². The molecule has 0 heterocycles. The van der Waals surface area contributed by atoms with Gasteiger partial charge < -0.3 is 19.6 Å². The number of anilines is 8. The average Bonchev–Trinajstić information content (AvgIpc) is 0.759. The molecule has 19 aromatic carbocycles. The van der Waals surface area contributed by atoms with Crippen LogP contribution in [0.3, 0.4) is 0 Å². The zero-order valence-electron chi connectivity index (χ0n) is 81.7. The Morgan fingerprint density at radius 3 is 0.782 bits per heavy atom. The molecular weight excluding hydrogens is 1770 g/mol. The second-order valence-corrected chi connectivity index (χ2v) is 38.8. The van der Waals surface area contributed by atoms with Gasteiger partial charge in [0.1, 0.15) is 29.1 Å². The first-order chi connectivity index (χ1) is 68.4. The van der Waals surface area contributed by atoms with Crippen LogP contribution < -0.4 is 19.6 Å². The van der Waals surface area contributed by atoms with Crippen LogP contribution in [0.1, 0.15) is 83.1 Å². The van der Waals surface area contributed by atoms with Crippen molar-refractivity contribution in [2.75, 3.05) is 19.6 Å². The summed E-state index contributed by atoms with van der Waals surface area (Å²) in [6.45, 7) is 23.6. The molecule has 142 heavy (non-hydrogen) atoms. The van der Waals surface area contributed by atoms with Crippen molar-refractivity contribution >= 4 is 45.5 Å². The maximum Gasteiger partial charge on any atom is 0.155 e. The van der Waals surface area contributed by atoms with Crippen molar-refractivity contribution in [3.63, 3.8) is 0 Å². The first-order valence-electron chi connectivity index (χ1n) is 47.6. The van der Waals surface area contributed by atoms with Crippen LogP contribution in [-0.4, -0.2) is 22.2 Å². The summed E-state index contributed by atoms with van der Waals surface area (Å²) >= 11 is 0. The van der Waals surface area contributed by atoms with E-state index in [1.807, 2.05) is 362 Å².